The van der Waals surface area contributed by atoms with Crippen LogP contribution in [-0.2, 0) is 4.57 Å². The number of aromatic nitrogens is 7. The third-order valence-electron chi connectivity index (χ3n) is 27.5. The van der Waals surface area contributed by atoms with E-state index in [9.17, 15) is 0 Å². The Morgan fingerprint density at radius 1 is 0.197 bits per heavy atom. The van der Waals surface area contributed by atoms with E-state index in [1.807, 2.05) is 194 Å². The van der Waals surface area contributed by atoms with Gasteiger partial charge in [0.25, 0.3) is 0 Å². The minimum absolute atomic E-state index is 0.608. The molecule has 22 aromatic carbocycles. The maximum Gasteiger partial charge on any atom is 0.187 e. The number of pyridine rings is 4. The zero-order valence-corrected chi connectivity index (χ0v) is 77.5. The quantitative estimate of drug-likeness (QED) is 0.0637. The topological polar surface area (TPSA) is 116 Å². The van der Waals surface area contributed by atoms with Gasteiger partial charge >= 0.3 is 0 Å². The van der Waals surface area contributed by atoms with Crippen molar-refractivity contribution in [2.75, 3.05) is 0 Å². The smallest absolute Gasteiger partial charge is 0.187 e. The lowest BCUT2D eigenvalue weighted by atomic mass is 9.88. The van der Waals surface area contributed by atoms with Gasteiger partial charge in [0.1, 0.15) is 0 Å². The molecule has 0 unspecified atom stereocenters. The van der Waals surface area contributed by atoms with Crippen molar-refractivity contribution in [3.63, 3.8) is 0 Å². The van der Waals surface area contributed by atoms with E-state index in [0.29, 0.717) is 28.8 Å². The van der Waals surface area contributed by atoms with Crippen LogP contribution in [-0.4, -0.2) is 34.9 Å². The van der Waals surface area contributed by atoms with Crippen LogP contribution >= 0.6 is 7.14 Å². The SMILES string of the molecule is O=P(c1ccccc1)(c1ccccc1)c1cccc(-c2nc3ccccc3c3c2cc(-c2cccnc2)c2ccccc23)c1.[C-]#[N+]c1ccc(-c2cc3c(-c4ccc(-c5ccc6ccc7cccc8ccc5c6c78)cc4)nc4ccccc4c3c3ccccc23)cc1.[C-]#[N+]c1ccc(-c2cc3c(-c4ccc(-c5nc(-c6ccccc6)nc(-c6ccccc6)n5)cc4)nc4ccccc4c3c3ccccc23)cc1. The molecule has 5 heterocycles. The molecule has 10 nitrogen and oxygen atoms in total. The van der Waals surface area contributed by atoms with E-state index in [1.165, 1.54) is 75.8 Å². The summed E-state index contributed by atoms with van der Waals surface area (Å²) >= 11 is 0. The number of benzene rings is 22. The van der Waals surface area contributed by atoms with Crippen molar-refractivity contribution in [2.24, 2.45) is 0 Å². The second kappa shape index (κ2) is 35.9. The van der Waals surface area contributed by atoms with Crippen LogP contribution in [0.4, 0.5) is 11.4 Å². The molecule has 142 heavy (non-hydrogen) atoms. The molecule has 0 fully saturated rings. The first-order valence-corrected chi connectivity index (χ1v) is 49.1. The normalized spacial score (nSPS) is 11.5. The molecule has 0 aliphatic rings. The minimum atomic E-state index is -3.16. The molecule has 0 radical (unpaired) electrons. The molecule has 0 aliphatic heterocycles. The Morgan fingerprint density at radius 2 is 0.514 bits per heavy atom. The van der Waals surface area contributed by atoms with Crippen LogP contribution in [0.15, 0.2) is 486 Å². The Bertz CT molecular complexity index is 9700. The van der Waals surface area contributed by atoms with Gasteiger partial charge in [0.15, 0.2) is 36.0 Å². The van der Waals surface area contributed by atoms with E-state index < -0.39 is 7.14 Å². The number of hydrogen-bond donors (Lipinski definition) is 0. The Labute approximate surface area is 818 Å². The fourth-order valence-electron chi connectivity index (χ4n) is 20.9. The maximum atomic E-state index is 15.3. The zero-order valence-electron chi connectivity index (χ0n) is 76.6. The van der Waals surface area contributed by atoms with Crippen LogP contribution in [0.1, 0.15) is 0 Å². The standard InChI is InChI=1S/C46H26N2.C45H27N5.C40H27N2OP/c1-47-34-23-19-29(20-24-34)40-27-41-45(37-10-3-2-9-36(37)40)39-11-4-5-12-42(39)48-46(41)33-17-13-28(14-18-33)35-25-21-32-16-15-30-7-6-8-31-22-26-38(35)44(32)43(30)31;1-46-34-26-24-29(25-27-34)38-28-39-41(36-17-9-8-16-35(36)38)37-18-10-11-19-40(37)47-42(39)30-20-22-33(23-21-30)45-49-43(31-12-4-2-5-13-31)48-44(50-45)32-14-6-3-7-15-32;43-44(30-15-3-1-4-16-30,31-17-5-2-6-18-31)32-19-11-13-28(25-32)40-37-26-36(29-14-12-24-41-27-29)33-20-7-8-21-34(33)39(37)35-22-9-10-23-38(35)42-40/h2-27H;2-28H;1-27H. The second-order valence-corrected chi connectivity index (χ2v) is 38.4. The van der Waals surface area contributed by atoms with Crippen molar-refractivity contribution in [2.45, 2.75) is 0 Å². The summed E-state index contributed by atoms with van der Waals surface area (Å²) in [6, 6.07) is 163. The van der Waals surface area contributed by atoms with Gasteiger partial charge in [-0.3, -0.25) is 4.98 Å². The summed E-state index contributed by atoms with van der Waals surface area (Å²) in [4.78, 5) is 42.2. The largest absolute Gasteiger partial charge is 0.309 e. The molecule has 0 saturated heterocycles. The van der Waals surface area contributed by atoms with Crippen LogP contribution in [0.25, 0.3) is 252 Å². The van der Waals surface area contributed by atoms with Crippen molar-refractivity contribution in [3.05, 3.63) is 508 Å². The molecular weight excluding hydrogens is 1750 g/mol. The molecule has 0 spiro atoms. The second-order valence-electron chi connectivity index (χ2n) is 35.7. The predicted molar refractivity (Wildman–Crippen MR) is 591 cm³/mol. The first-order chi connectivity index (χ1) is 70.2. The van der Waals surface area contributed by atoms with Gasteiger partial charge in [0, 0.05) is 116 Å². The summed E-state index contributed by atoms with van der Waals surface area (Å²) < 4.78 is 15.3. The van der Waals surface area contributed by atoms with Gasteiger partial charge in [-0.2, -0.15) is 0 Å². The van der Waals surface area contributed by atoms with Crippen LogP contribution in [0.2, 0.25) is 0 Å². The highest BCUT2D eigenvalue weighted by Gasteiger charge is 2.31. The van der Waals surface area contributed by atoms with Gasteiger partial charge in [-0.25, -0.2) is 39.6 Å². The molecule has 5 aromatic heterocycles. The fraction of sp³-hybridized carbons (Fsp3) is 0. The van der Waals surface area contributed by atoms with E-state index in [-0.39, 0.29) is 0 Å². The Morgan fingerprint density at radius 3 is 0.944 bits per heavy atom. The molecule has 660 valence electrons. The van der Waals surface area contributed by atoms with Gasteiger partial charge in [-0.15, -0.1) is 0 Å². The number of rotatable bonds is 13. The minimum Gasteiger partial charge on any atom is -0.309 e. The maximum absolute atomic E-state index is 15.3. The van der Waals surface area contributed by atoms with E-state index in [1.54, 1.807) is 6.20 Å². The van der Waals surface area contributed by atoms with E-state index in [0.717, 1.165) is 165 Å². The zero-order chi connectivity index (χ0) is 94.7. The Balaban J connectivity index is 0.000000112. The van der Waals surface area contributed by atoms with Crippen molar-refractivity contribution >= 4 is 164 Å². The predicted octanol–water partition coefficient (Wildman–Crippen LogP) is 33.5. The highest BCUT2D eigenvalue weighted by atomic mass is 31.2. The number of para-hydroxylation sites is 3. The molecule has 11 heteroatoms. The average molecular weight is 1830 g/mol. The van der Waals surface area contributed by atoms with Gasteiger partial charge < -0.3 is 4.57 Å². The van der Waals surface area contributed by atoms with Crippen molar-refractivity contribution in [1.82, 2.24) is 34.9 Å². The molecule has 0 aliphatic carbocycles. The molecule has 27 rings (SSSR count). The summed E-state index contributed by atoms with van der Waals surface area (Å²) in [5, 5.41) is 27.4. The lowest BCUT2D eigenvalue weighted by Crippen LogP contribution is -2.25. The highest BCUT2D eigenvalue weighted by molar-refractivity contribution is 7.85. The lowest BCUT2D eigenvalue weighted by Gasteiger charge is -2.21. The molecule has 0 atom stereocenters. The molecule has 0 bridgehead atoms. The van der Waals surface area contributed by atoms with Crippen LogP contribution in [0.3, 0.4) is 0 Å². The third-order valence-corrected chi connectivity index (χ3v) is 30.6. The Hall–Kier alpha value is -19.0. The van der Waals surface area contributed by atoms with Gasteiger partial charge in [0.2, 0.25) is 0 Å². The van der Waals surface area contributed by atoms with Crippen molar-refractivity contribution < 1.29 is 4.57 Å². The van der Waals surface area contributed by atoms with Crippen molar-refractivity contribution in [1.29, 1.82) is 0 Å². The molecule has 0 N–H and O–H groups in total. The van der Waals surface area contributed by atoms with Gasteiger partial charge in [0.05, 0.1) is 46.8 Å². The number of fused-ring (bicyclic) bond motifs is 15. The summed E-state index contributed by atoms with van der Waals surface area (Å²) in [5.74, 6) is 1.87. The highest BCUT2D eigenvalue weighted by Crippen LogP contribution is 2.50. The summed E-state index contributed by atoms with van der Waals surface area (Å²) in [5.41, 5.74) is 21.6. The first kappa shape index (κ1) is 84.8. The van der Waals surface area contributed by atoms with Crippen LogP contribution in [0.5, 0.6) is 0 Å². The molecule has 0 saturated carbocycles. The van der Waals surface area contributed by atoms with Crippen molar-refractivity contribution in [3.8, 4) is 112 Å². The van der Waals surface area contributed by atoms with E-state index in [2.05, 4.69) is 300 Å². The van der Waals surface area contributed by atoms with E-state index in [4.69, 9.17) is 43.0 Å². The number of hydrogen-bond acceptors (Lipinski definition) is 8. The summed E-state index contributed by atoms with van der Waals surface area (Å²) in [7, 11) is -3.16. The van der Waals surface area contributed by atoms with Crippen LogP contribution in [0, 0.1) is 13.1 Å². The van der Waals surface area contributed by atoms with E-state index >= 15 is 4.57 Å². The Kier molecular flexibility index (Phi) is 21.5. The lowest BCUT2D eigenvalue weighted by molar-refractivity contribution is 0.592. The fourth-order valence-corrected chi connectivity index (χ4v) is 23.6. The van der Waals surface area contributed by atoms with Gasteiger partial charge in [-0.05, 0) is 152 Å². The van der Waals surface area contributed by atoms with Gasteiger partial charge in [-0.1, -0.05) is 425 Å². The monoisotopic (exact) mass is 1830 g/mol. The molecule has 27 aromatic rings. The first-order valence-electron chi connectivity index (χ1n) is 47.4. The molecule has 0 amide bonds. The number of nitrogens with zero attached hydrogens (tertiary/aromatic N) is 9. The third kappa shape index (κ3) is 15.1. The summed E-state index contributed by atoms with van der Waals surface area (Å²) in [6.45, 7) is 14.9. The average Bonchev–Trinajstić information content (AvgIpc) is 0.740. The molecular formula is C131H80N9OP. The summed E-state index contributed by atoms with van der Waals surface area (Å²) in [6.07, 6.45) is 3.72. The van der Waals surface area contributed by atoms with Crippen LogP contribution < -0.4 is 15.9 Å².